The molecule has 0 saturated heterocycles. The zero-order valence-electron chi connectivity index (χ0n) is 17.0. The molecule has 0 fully saturated rings. The lowest BCUT2D eigenvalue weighted by atomic mass is 10.2. The monoisotopic (exact) mass is 472 g/mol. The summed E-state index contributed by atoms with van der Waals surface area (Å²) in [7, 11) is 2.65. The van der Waals surface area contributed by atoms with Gasteiger partial charge >= 0.3 is 0 Å². The normalized spacial score (nSPS) is 11.8. The number of halogens is 2. The maximum absolute atomic E-state index is 13.5. The number of ether oxygens (including phenoxy) is 3. The lowest BCUT2D eigenvalue weighted by Crippen LogP contribution is -2.19. The van der Waals surface area contributed by atoms with Crippen LogP contribution in [0.3, 0.4) is 0 Å². The van der Waals surface area contributed by atoms with Crippen molar-refractivity contribution >= 4 is 44.1 Å². The van der Waals surface area contributed by atoms with E-state index >= 15 is 0 Å². The van der Waals surface area contributed by atoms with E-state index in [0.29, 0.717) is 35.1 Å². The predicted molar refractivity (Wildman–Crippen MR) is 118 cm³/mol. The molecule has 0 atom stereocenters. The molecule has 0 radical (unpaired) electrons. The number of rotatable bonds is 8. The van der Waals surface area contributed by atoms with Gasteiger partial charge in [0.2, 0.25) is 0 Å². The van der Waals surface area contributed by atoms with Gasteiger partial charge in [0.15, 0.2) is 0 Å². The van der Waals surface area contributed by atoms with Gasteiger partial charge in [0.1, 0.15) is 28.8 Å². The molecule has 0 N–H and O–H groups in total. The Morgan fingerprint density at radius 1 is 1.03 bits per heavy atom. The Morgan fingerprint density at radius 2 is 1.77 bits per heavy atom. The fourth-order valence-corrected chi connectivity index (χ4v) is 5.11. The Morgan fingerprint density at radius 3 is 2.40 bits per heavy atom. The van der Waals surface area contributed by atoms with Crippen molar-refractivity contribution in [2.45, 2.75) is 4.90 Å². The molecule has 1 heterocycles. The summed E-state index contributed by atoms with van der Waals surface area (Å²) in [5.41, 5.74) is 0.277. The summed E-state index contributed by atoms with van der Waals surface area (Å²) >= 11 is 12.6. The number of hydrogen-bond donors (Lipinski definition) is 0. The third-order valence-electron chi connectivity index (χ3n) is 4.45. The van der Waals surface area contributed by atoms with E-state index in [1.807, 2.05) is 19.0 Å². The third kappa shape index (κ3) is 4.32. The van der Waals surface area contributed by atoms with E-state index in [1.54, 1.807) is 12.1 Å². The molecule has 0 aliphatic heterocycles. The summed E-state index contributed by atoms with van der Waals surface area (Å²) in [5.74, 6) is 0.990. The number of benzene rings is 2. The fourth-order valence-electron chi connectivity index (χ4n) is 2.96. The van der Waals surface area contributed by atoms with Crippen LogP contribution in [0.2, 0.25) is 10.0 Å². The van der Waals surface area contributed by atoms with Crippen LogP contribution in [0.5, 0.6) is 17.2 Å². The van der Waals surface area contributed by atoms with Crippen LogP contribution in [0, 0.1) is 0 Å². The molecular formula is C20H22Cl2N2O5S. The zero-order chi connectivity index (χ0) is 22.1. The van der Waals surface area contributed by atoms with E-state index < -0.39 is 10.0 Å². The molecule has 1 aromatic heterocycles. The number of methoxy groups -OCH3 is 2. The van der Waals surface area contributed by atoms with E-state index in [9.17, 15) is 8.42 Å². The predicted octanol–water partition coefficient (Wildman–Crippen LogP) is 4.14. The van der Waals surface area contributed by atoms with Crippen LogP contribution in [0.4, 0.5) is 0 Å². The van der Waals surface area contributed by atoms with Gasteiger partial charge in [-0.05, 0) is 38.4 Å². The number of likely N-dealkylation sites (N-methyl/N-ethyl adjacent to an activating group) is 1. The van der Waals surface area contributed by atoms with Crippen LogP contribution in [0.25, 0.3) is 10.9 Å². The molecule has 3 aromatic rings. The fraction of sp³-hybridized carbons (Fsp3) is 0.300. The second kappa shape index (κ2) is 8.93. The highest BCUT2D eigenvalue weighted by molar-refractivity contribution is 7.90. The first-order chi connectivity index (χ1) is 14.2. The number of aromatic nitrogens is 1. The van der Waals surface area contributed by atoms with E-state index in [2.05, 4.69) is 0 Å². The van der Waals surface area contributed by atoms with Crippen LogP contribution >= 0.6 is 23.2 Å². The van der Waals surface area contributed by atoms with Crippen LogP contribution < -0.4 is 14.2 Å². The van der Waals surface area contributed by atoms with Gasteiger partial charge in [0.05, 0.1) is 31.0 Å². The molecule has 0 aliphatic carbocycles. The van der Waals surface area contributed by atoms with E-state index in [1.165, 1.54) is 38.6 Å². The SMILES string of the molecule is COc1ccc(S(=O)(=O)n2cc(OCCN(C)C)c3cc(Cl)cc(Cl)c32)c(OC)c1. The molecule has 7 nitrogen and oxygen atoms in total. The minimum absolute atomic E-state index is 0.0337. The zero-order valence-corrected chi connectivity index (χ0v) is 19.3. The summed E-state index contributed by atoms with van der Waals surface area (Å²) in [6.45, 7) is 1.02. The molecule has 0 saturated carbocycles. The summed E-state index contributed by atoms with van der Waals surface area (Å²) in [6.07, 6.45) is 1.40. The van der Waals surface area contributed by atoms with Gasteiger partial charge in [-0.3, -0.25) is 0 Å². The van der Waals surface area contributed by atoms with Gasteiger partial charge in [-0.25, -0.2) is 12.4 Å². The second-order valence-corrected chi connectivity index (χ2v) is 9.37. The largest absolute Gasteiger partial charge is 0.497 e. The van der Waals surface area contributed by atoms with Crippen molar-refractivity contribution in [3.05, 3.63) is 46.6 Å². The van der Waals surface area contributed by atoms with E-state index in [0.717, 1.165) is 3.97 Å². The molecule has 0 unspecified atom stereocenters. The first-order valence-electron chi connectivity index (χ1n) is 8.94. The van der Waals surface area contributed by atoms with Gasteiger partial charge in [-0.1, -0.05) is 23.2 Å². The lowest BCUT2D eigenvalue weighted by Gasteiger charge is -2.13. The molecule has 3 rings (SSSR count). The van der Waals surface area contributed by atoms with Crippen molar-refractivity contribution < 1.29 is 22.6 Å². The molecule has 0 amide bonds. The van der Waals surface area contributed by atoms with Crippen LogP contribution in [-0.4, -0.2) is 58.8 Å². The first kappa shape index (κ1) is 22.6. The average molecular weight is 473 g/mol. The number of hydrogen-bond acceptors (Lipinski definition) is 6. The van der Waals surface area contributed by atoms with Gasteiger partial charge in [-0.15, -0.1) is 0 Å². The average Bonchev–Trinajstić information content (AvgIpc) is 3.06. The highest BCUT2D eigenvalue weighted by Gasteiger charge is 2.27. The Balaban J connectivity index is 2.20. The maximum Gasteiger partial charge on any atom is 0.272 e. The Hall–Kier alpha value is -2.13. The van der Waals surface area contributed by atoms with Gasteiger partial charge in [0, 0.05) is 23.0 Å². The highest BCUT2D eigenvalue weighted by Crippen LogP contribution is 2.39. The lowest BCUT2D eigenvalue weighted by molar-refractivity contribution is 0.263. The summed E-state index contributed by atoms with van der Waals surface area (Å²) < 4.78 is 44.5. The van der Waals surface area contributed by atoms with Crippen molar-refractivity contribution in [3.63, 3.8) is 0 Å². The molecule has 0 aliphatic rings. The maximum atomic E-state index is 13.5. The van der Waals surface area contributed by atoms with Gasteiger partial charge in [0.25, 0.3) is 10.0 Å². The minimum atomic E-state index is -4.07. The Labute approximate surface area is 185 Å². The number of nitrogens with zero attached hydrogens (tertiary/aromatic N) is 2. The second-order valence-electron chi connectivity index (χ2n) is 6.75. The van der Waals surface area contributed by atoms with Crippen LogP contribution in [-0.2, 0) is 10.0 Å². The van der Waals surface area contributed by atoms with Gasteiger partial charge in [-0.2, -0.15) is 0 Å². The molecule has 30 heavy (non-hydrogen) atoms. The number of fused-ring (bicyclic) bond motifs is 1. The Bertz CT molecular complexity index is 1180. The van der Waals surface area contributed by atoms with Crippen molar-refractivity contribution in [2.24, 2.45) is 0 Å². The smallest absolute Gasteiger partial charge is 0.272 e. The minimum Gasteiger partial charge on any atom is -0.497 e. The first-order valence-corrected chi connectivity index (χ1v) is 11.1. The van der Waals surface area contributed by atoms with Crippen molar-refractivity contribution in [2.75, 3.05) is 41.5 Å². The van der Waals surface area contributed by atoms with Gasteiger partial charge < -0.3 is 19.1 Å². The van der Waals surface area contributed by atoms with Crippen LogP contribution in [0.15, 0.2) is 41.4 Å². The van der Waals surface area contributed by atoms with Crippen molar-refractivity contribution in [1.82, 2.24) is 8.87 Å². The topological polar surface area (TPSA) is 70.0 Å². The third-order valence-corrected chi connectivity index (χ3v) is 6.66. The highest BCUT2D eigenvalue weighted by atomic mass is 35.5. The van der Waals surface area contributed by atoms with Crippen LogP contribution in [0.1, 0.15) is 0 Å². The summed E-state index contributed by atoms with van der Waals surface area (Å²) in [6, 6.07) is 7.60. The molecule has 0 spiro atoms. The molecular weight excluding hydrogens is 451 g/mol. The molecule has 0 bridgehead atoms. The molecule has 162 valence electrons. The van der Waals surface area contributed by atoms with Crippen molar-refractivity contribution in [1.29, 1.82) is 0 Å². The molecule has 2 aromatic carbocycles. The summed E-state index contributed by atoms with van der Waals surface area (Å²) in [4.78, 5) is 1.92. The standard InChI is InChI=1S/C20H22Cl2N2O5S/c1-23(2)7-8-29-18-12-24(20-15(18)9-13(21)10-16(20)22)30(25,26)19-6-5-14(27-3)11-17(19)28-4/h5-6,9-12H,7-8H2,1-4H3. The van der Waals surface area contributed by atoms with Crippen molar-refractivity contribution in [3.8, 4) is 17.2 Å². The van der Waals surface area contributed by atoms with E-state index in [4.69, 9.17) is 37.4 Å². The van der Waals surface area contributed by atoms with E-state index in [-0.39, 0.29) is 21.2 Å². The quantitative estimate of drug-likeness (QED) is 0.490. The summed E-state index contributed by atoms with van der Waals surface area (Å²) in [5, 5.41) is 1.07. The molecule has 10 heteroatoms. The Kier molecular flexibility index (Phi) is 6.71.